The lowest BCUT2D eigenvalue weighted by Gasteiger charge is -2.17. The van der Waals surface area contributed by atoms with Crippen LogP contribution in [0.3, 0.4) is 0 Å². The number of carbonyl (C=O) groups is 5. The van der Waals surface area contributed by atoms with Gasteiger partial charge in [0.15, 0.2) is 0 Å². The quantitative estimate of drug-likeness (QED) is 0.113. The van der Waals surface area contributed by atoms with E-state index in [-0.39, 0.29) is 30.9 Å². The maximum Gasteiger partial charge on any atom is 0.326 e. The number of nitrogens with one attached hydrogen (secondary N) is 2. The summed E-state index contributed by atoms with van der Waals surface area (Å²) < 4.78 is 13.8. The molecule has 14 nitrogen and oxygen atoms in total. The number of amides is 3. The van der Waals surface area contributed by atoms with Crippen LogP contribution in [0.15, 0.2) is 30.5 Å². The minimum atomic E-state index is -1.48. The number of hydrogen-bond acceptors (Lipinski definition) is 8. The van der Waals surface area contributed by atoms with Crippen LogP contribution in [-0.4, -0.2) is 90.9 Å². The number of aryl methyl sites for hydroxylation is 1. The van der Waals surface area contributed by atoms with Crippen LogP contribution in [0.1, 0.15) is 48.2 Å². The Morgan fingerprint density at radius 1 is 1.05 bits per heavy atom. The molecular formula is C23H29FN6O8. The molecule has 0 fully saturated rings. The molecule has 0 aliphatic carbocycles. The summed E-state index contributed by atoms with van der Waals surface area (Å²) in [4.78, 5) is 57.9. The maximum absolute atomic E-state index is 12.3. The third kappa shape index (κ3) is 9.93. The molecule has 3 amide bonds. The number of aliphatic carboxylic acids is 2. The van der Waals surface area contributed by atoms with Crippen molar-refractivity contribution in [3.05, 3.63) is 41.7 Å². The number of alkyl halides is 1. The van der Waals surface area contributed by atoms with Gasteiger partial charge in [0.1, 0.15) is 12.6 Å². The van der Waals surface area contributed by atoms with Gasteiger partial charge in [-0.05, 0) is 49.9 Å². The van der Waals surface area contributed by atoms with E-state index in [0.29, 0.717) is 29.8 Å². The highest BCUT2D eigenvalue weighted by atomic mass is 19.1. The van der Waals surface area contributed by atoms with Crippen molar-refractivity contribution >= 4 is 29.7 Å². The Morgan fingerprint density at radius 2 is 1.76 bits per heavy atom. The van der Waals surface area contributed by atoms with Crippen LogP contribution < -0.4 is 10.6 Å². The Bertz CT molecular complexity index is 1120. The van der Waals surface area contributed by atoms with Gasteiger partial charge in [0, 0.05) is 24.9 Å². The number of hydroxylamine groups is 2. The lowest BCUT2D eigenvalue weighted by molar-refractivity contribution is -0.169. The second-order valence-electron chi connectivity index (χ2n) is 8.20. The number of carboxylic acids is 2. The maximum atomic E-state index is 12.3. The zero-order valence-corrected chi connectivity index (χ0v) is 20.4. The van der Waals surface area contributed by atoms with Gasteiger partial charge >= 0.3 is 11.9 Å². The van der Waals surface area contributed by atoms with Crippen LogP contribution in [0, 0.1) is 0 Å². The standard InChI is InChI=1S/C23H29FN6O8/c24-11-1-3-16-13-29(28-27-16)17-7-5-15(6-8-17)22(35)25-12-2-4-20(32)30(38)14-19(31)26-18(23(36)37)9-10-21(33)34/h5-8,13,18,38H,1-4,9-12,14H2,(H,25,35)(H,26,31)(H,33,34)(H,36,37). The summed E-state index contributed by atoms with van der Waals surface area (Å²) in [5.74, 6) is -4.88. The molecule has 38 heavy (non-hydrogen) atoms. The van der Waals surface area contributed by atoms with Crippen LogP contribution >= 0.6 is 0 Å². The number of carboxylic acid groups (broad SMARTS) is 2. The minimum Gasteiger partial charge on any atom is -0.481 e. The zero-order chi connectivity index (χ0) is 28.1. The number of nitrogens with zero attached hydrogens (tertiary/aromatic N) is 4. The topological polar surface area (TPSA) is 204 Å². The molecule has 0 aliphatic heterocycles. The zero-order valence-electron chi connectivity index (χ0n) is 20.4. The molecule has 0 bridgehead atoms. The average Bonchev–Trinajstić information content (AvgIpc) is 3.36. The van der Waals surface area contributed by atoms with Crippen molar-refractivity contribution in [2.24, 2.45) is 0 Å². The highest BCUT2D eigenvalue weighted by molar-refractivity contribution is 5.94. The molecule has 0 saturated carbocycles. The van der Waals surface area contributed by atoms with Gasteiger partial charge < -0.3 is 20.8 Å². The summed E-state index contributed by atoms with van der Waals surface area (Å²) in [7, 11) is 0. The number of carbonyl (C=O) groups excluding carboxylic acids is 3. The van der Waals surface area contributed by atoms with Crippen molar-refractivity contribution in [2.45, 2.75) is 44.6 Å². The number of hydrogen-bond donors (Lipinski definition) is 5. The average molecular weight is 537 g/mol. The summed E-state index contributed by atoms with van der Waals surface area (Å²) >= 11 is 0. The normalized spacial score (nSPS) is 11.4. The second kappa shape index (κ2) is 15.0. The van der Waals surface area contributed by atoms with Gasteiger partial charge in [0.25, 0.3) is 5.91 Å². The second-order valence-corrected chi connectivity index (χ2v) is 8.20. The van der Waals surface area contributed by atoms with Gasteiger partial charge in [0.05, 0.1) is 24.3 Å². The molecule has 0 saturated heterocycles. The molecule has 1 aromatic carbocycles. The van der Waals surface area contributed by atoms with E-state index < -0.39 is 55.3 Å². The lowest BCUT2D eigenvalue weighted by Crippen LogP contribution is -2.46. The summed E-state index contributed by atoms with van der Waals surface area (Å²) in [6.07, 6.45) is 1.61. The van der Waals surface area contributed by atoms with E-state index in [2.05, 4.69) is 15.6 Å². The highest BCUT2D eigenvalue weighted by Crippen LogP contribution is 2.10. The highest BCUT2D eigenvalue weighted by Gasteiger charge is 2.23. The van der Waals surface area contributed by atoms with Crippen LogP contribution in [0.2, 0.25) is 0 Å². The van der Waals surface area contributed by atoms with E-state index in [1.165, 1.54) is 4.68 Å². The molecule has 0 aliphatic rings. The number of aromatic nitrogens is 3. The molecular weight excluding hydrogens is 507 g/mol. The molecule has 1 heterocycles. The van der Waals surface area contributed by atoms with Gasteiger partial charge in [0.2, 0.25) is 11.8 Å². The van der Waals surface area contributed by atoms with E-state index in [0.717, 1.165) is 0 Å². The van der Waals surface area contributed by atoms with Gasteiger partial charge in [-0.1, -0.05) is 5.21 Å². The molecule has 206 valence electrons. The number of halogens is 1. The number of rotatable bonds is 16. The minimum absolute atomic E-state index is 0.101. The Morgan fingerprint density at radius 3 is 2.39 bits per heavy atom. The summed E-state index contributed by atoms with van der Waals surface area (Å²) in [6, 6.07) is 5.00. The molecule has 1 unspecified atom stereocenters. The first kappa shape index (κ1) is 29.8. The van der Waals surface area contributed by atoms with Crippen molar-refractivity contribution in [3.63, 3.8) is 0 Å². The van der Waals surface area contributed by atoms with E-state index >= 15 is 0 Å². The smallest absolute Gasteiger partial charge is 0.326 e. The Labute approximate surface area is 216 Å². The van der Waals surface area contributed by atoms with Crippen LogP contribution in [-0.2, 0) is 25.6 Å². The molecule has 1 aromatic heterocycles. The predicted octanol–water partition coefficient (Wildman–Crippen LogP) is 0.331. The first-order chi connectivity index (χ1) is 18.1. The Balaban J connectivity index is 1.73. The van der Waals surface area contributed by atoms with E-state index in [9.17, 15) is 33.6 Å². The summed E-state index contributed by atoms with van der Waals surface area (Å²) in [5.41, 5.74) is 1.67. The van der Waals surface area contributed by atoms with Crippen LogP contribution in [0.4, 0.5) is 4.39 Å². The van der Waals surface area contributed by atoms with Crippen LogP contribution in [0.25, 0.3) is 5.69 Å². The summed E-state index contributed by atoms with van der Waals surface area (Å²) in [5, 5.41) is 40.2. The molecule has 2 aromatic rings. The lowest BCUT2D eigenvalue weighted by atomic mass is 10.1. The van der Waals surface area contributed by atoms with Gasteiger partial charge in [-0.2, -0.15) is 0 Å². The molecule has 5 N–H and O–H groups in total. The third-order valence-corrected chi connectivity index (χ3v) is 5.22. The molecule has 2 rings (SSSR count). The molecule has 0 spiro atoms. The summed E-state index contributed by atoms with van der Waals surface area (Å²) in [6.45, 7) is -1.17. The van der Waals surface area contributed by atoms with E-state index in [4.69, 9.17) is 10.2 Å². The van der Waals surface area contributed by atoms with Crippen molar-refractivity contribution < 1.29 is 43.8 Å². The van der Waals surface area contributed by atoms with E-state index in [1.54, 1.807) is 30.5 Å². The third-order valence-electron chi connectivity index (χ3n) is 5.22. The first-order valence-electron chi connectivity index (χ1n) is 11.7. The van der Waals surface area contributed by atoms with Gasteiger partial charge in [-0.15, -0.1) is 5.10 Å². The van der Waals surface area contributed by atoms with Gasteiger partial charge in [-0.3, -0.25) is 28.8 Å². The fraction of sp³-hybridized carbons (Fsp3) is 0.435. The van der Waals surface area contributed by atoms with Gasteiger partial charge in [-0.25, -0.2) is 14.5 Å². The van der Waals surface area contributed by atoms with Crippen LogP contribution in [0.5, 0.6) is 0 Å². The van der Waals surface area contributed by atoms with Crippen molar-refractivity contribution in [1.29, 1.82) is 0 Å². The largest absolute Gasteiger partial charge is 0.481 e. The number of benzene rings is 1. The Kier molecular flexibility index (Phi) is 11.8. The van der Waals surface area contributed by atoms with Crippen molar-refractivity contribution in [2.75, 3.05) is 19.8 Å². The van der Waals surface area contributed by atoms with Crippen molar-refractivity contribution in [3.8, 4) is 5.69 Å². The molecule has 15 heteroatoms. The fourth-order valence-electron chi connectivity index (χ4n) is 3.21. The van der Waals surface area contributed by atoms with E-state index in [1.807, 2.05) is 5.32 Å². The molecule has 0 radical (unpaired) electrons. The monoisotopic (exact) mass is 536 g/mol. The molecule has 1 atom stereocenters. The SMILES string of the molecule is O=C(O)CCC(NC(=O)CN(O)C(=O)CCCNC(=O)c1ccc(-n2cc(CCCF)nn2)cc1)C(=O)O. The van der Waals surface area contributed by atoms with Crippen molar-refractivity contribution in [1.82, 2.24) is 30.7 Å². The Hall–Kier alpha value is -4.40. The predicted molar refractivity (Wildman–Crippen MR) is 127 cm³/mol. The first-order valence-corrected chi connectivity index (χ1v) is 11.7. The fourth-order valence-corrected chi connectivity index (χ4v) is 3.21.